The first-order chi connectivity index (χ1) is 11.4. The molecule has 1 aliphatic rings. The molecular formula is C16H22N6O2. The van der Waals surface area contributed by atoms with Crippen molar-refractivity contribution in [1.82, 2.24) is 25.0 Å². The van der Waals surface area contributed by atoms with Gasteiger partial charge in [0, 0.05) is 18.8 Å². The lowest BCUT2D eigenvalue weighted by atomic mass is 10.1. The van der Waals surface area contributed by atoms with E-state index in [1.807, 2.05) is 0 Å². The molecule has 2 N–H and O–H groups in total. The van der Waals surface area contributed by atoms with Gasteiger partial charge >= 0.3 is 0 Å². The third-order valence-corrected chi connectivity index (χ3v) is 4.00. The third-order valence-electron chi connectivity index (χ3n) is 4.00. The quantitative estimate of drug-likeness (QED) is 0.905. The number of nitrogen functional groups attached to an aromatic ring is 1. The van der Waals surface area contributed by atoms with E-state index in [9.17, 15) is 4.79 Å². The summed E-state index contributed by atoms with van der Waals surface area (Å²) in [6, 6.07) is 1.74. The van der Waals surface area contributed by atoms with Crippen LogP contribution in [-0.2, 0) is 6.42 Å². The lowest BCUT2D eigenvalue weighted by Crippen LogP contribution is -2.29. The number of carbonyl (C=O) groups excluding carboxylic acids is 1. The fraction of sp³-hybridized carbons (Fsp3) is 0.562. The molecule has 3 rings (SSSR count). The summed E-state index contributed by atoms with van der Waals surface area (Å²) in [6.45, 7) is 7.15. The Bertz CT molecular complexity index is 742. The van der Waals surface area contributed by atoms with Crippen molar-refractivity contribution in [3.05, 3.63) is 29.2 Å². The van der Waals surface area contributed by atoms with Crippen LogP contribution >= 0.6 is 0 Å². The van der Waals surface area contributed by atoms with Crippen molar-refractivity contribution < 1.29 is 9.32 Å². The summed E-state index contributed by atoms with van der Waals surface area (Å²) in [4.78, 5) is 27.1. The number of likely N-dealkylation sites (tertiary alicyclic amines) is 1. The number of hydrogen-bond acceptors (Lipinski definition) is 7. The van der Waals surface area contributed by atoms with E-state index in [0.717, 1.165) is 18.5 Å². The van der Waals surface area contributed by atoms with Gasteiger partial charge < -0.3 is 15.2 Å². The van der Waals surface area contributed by atoms with E-state index < -0.39 is 0 Å². The number of carbonyl (C=O) groups is 1. The molecule has 0 bridgehead atoms. The standard InChI is InChI=1S/C16H22N6O2/c1-9(2)6-12-7-13(20-16(17)19-12)15(23)22-5-4-11(8-22)14-18-10(3)21-24-14/h7,9,11H,4-6,8H2,1-3H3,(H2,17,19,20). The lowest BCUT2D eigenvalue weighted by Gasteiger charge is -2.16. The van der Waals surface area contributed by atoms with Gasteiger partial charge in [-0.15, -0.1) is 0 Å². The molecule has 0 aliphatic carbocycles. The number of hydrogen-bond donors (Lipinski definition) is 1. The predicted molar refractivity (Wildman–Crippen MR) is 87.3 cm³/mol. The monoisotopic (exact) mass is 330 g/mol. The molecule has 8 heteroatoms. The summed E-state index contributed by atoms with van der Waals surface area (Å²) in [5.41, 5.74) is 6.91. The molecule has 1 saturated heterocycles. The zero-order chi connectivity index (χ0) is 17.3. The summed E-state index contributed by atoms with van der Waals surface area (Å²) < 4.78 is 5.22. The van der Waals surface area contributed by atoms with Crippen LogP contribution in [0.2, 0.25) is 0 Å². The molecule has 1 fully saturated rings. The topological polar surface area (TPSA) is 111 Å². The van der Waals surface area contributed by atoms with Crippen LogP contribution in [0.25, 0.3) is 0 Å². The van der Waals surface area contributed by atoms with Gasteiger partial charge in [0.25, 0.3) is 5.91 Å². The van der Waals surface area contributed by atoms with Gasteiger partial charge in [0.1, 0.15) is 5.69 Å². The molecule has 3 heterocycles. The SMILES string of the molecule is Cc1noc(C2CCN(C(=O)c3cc(CC(C)C)nc(N)n3)C2)n1. The van der Waals surface area contributed by atoms with Crippen LogP contribution in [0.3, 0.4) is 0 Å². The molecule has 0 spiro atoms. The maximum absolute atomic E-state index is 12.7. The van der Waals surface area contributed by atoms with Crippen LogP contribution in [0.5, 0.6) is 0 Å². The van der Waals surface area contributed by atoms with Crippen molar-refractivity contribution >= 4 is 11.9 Å². The lowest BCUT2D eigenvalue weighted by molar-refractivity contribution is 0.0783. The molecule has 8 nitrogen and oxygen atoms in total. The van der Waals surface area contributed by atoms with Crippen molar-refractivity contribution in [2.75, 3.05) is 18.8 Å². The molecule has 24 heavy (non-hydrogen) atoms. The van der Waals surface area contributed by atoms with E-state index in [1.54, 1.807) is 17.9 Å². The molecule has 2 aromatic rings. The summed E-state index contributed by atoms with van der Waals surface area (Å²) >= 11 is 0. The van der Waals surface area contributed by atoms with Gasteiger partial charge in [0.05, 0.1) is 5.92 Å². The van der Waals surface area contributed by atoms with Crippen LogP contribution < -0.4 is 5.73 Å². The van der Waals surface area contributed by atoms with Crippen molar-refractivity contribution in [3.63, 3.8) is 0 Å². The Morgan fingerprint density at radius 3 is 2.88 bits per heavy atom. The number of aryl methyl sites for hydroxylation is 1. The Balaban J connectivity index is 1.74. The number of nitrogens with two attached hydrogens (primary N) is 1. The molecule has 2 aromatic heterocycles. The van der Waals surface area contributed by atoms with Crippen LogP contribution in [0.4, 0.5) is 5.95 Å². The first-order valence-electron chi connectivity index (χ1n) is 8.15. The van der Waals surface area contributed by atoms with E-state index >= 15 is 0 Å². The molecule has 128 valence electrons. The van der Waals surface area contributed by atoms with E-state index in [-0.39, 0.29) is 17.8 Å². The third kappa shape index (κ3) is 3.52. The van der Waals surface area contributed by atoms with Crippen molar-refractivity contribution in [2.45, 2.75) is 39.5 Å². The van der Waals surface area contributed by atoms with E-state index in [1.165, 1.54) is 0 Å². The first-order valence-corrected chi connectivity index (χ1v) is 8.15. The summed E-state index contributed by atoms with van der Waals surface area (Å²) in [5.74, 6) is 1.71. The van der Waals surface area contributed by atoms with Crippen molar-refractivity contribution in [3.8, 4) is 0 Å². The highest BCUT2D eigenvalue weighted by Crippen LogP contribution is 2.27. The highest BCUT2D eigenvalue weighted by molar-refractivity contribution is 5.92. The Morgan fingerprint density at radius 1 is 1.42 bits per heavy atom. The minimum Gasteiger partial charge on any atom is -0.368 e. The maximum Gasteiger partial charge on any atom is 0.272 e. The summed E-state index contributed by atoms with van der Waals surface area (Å²) in [6.07, 6.45) is 1.56. The molecule has 1 atom stereocenters. The maximum atomic E-state index is 12.7. The zero-order valence-corrected chi connectivity index (χ0v) is 14.2. The second-order valence-electron chi connectivity index (χ2n) is 6.62. The van der Waals surface area contributed by atoms with Crippen LogP contribution in [-0.4, -0.2) is 44.0 Å². The number of amides is 1. The first kappa shape index (κ1) is 16.4. The molecule has 0 aromatic carbocycles. The second-order valence-corrected chi connectivity index (χ2v) is 6.62. The minimum atomic E-state index is -0.132. The van der Waals surface area contributed by atoms with Crippen LogP contribution in [0, 0.1) is 12.8 Å². The fourth-order valence-corrected chi connectivity index (χ4v) is 2.94. The average molecular weight is 330 g/mol. The molecule has 0 saturated carbocycles. The van der Waals surface area contributed by atoms with Crippen molar-refractivity contribution in [2.24, 2.45) is 5.92 Å². The van der Waals surface area contributed by atoms with E-state index in [2.05, 4.69) is 34.0 Å². The van der Waals surface area contributed by atoms with Gasteiger partial charge in [-0.25, -0.2) is 9.97 Å². The van der Waals surface area contributed by atoms with Crippen LogP contribution in [0.1, 0.15) is 54.1 Å². The van der Waals surface area contributed by atoms with Crippen LogP contribution in [0.15, 0.2) is 10.6 Å². The molecular weight excluding hydrogens is 308 g/mol. The molecule has 1 unspecified atom stereocenters. The van der Waals surface area contributed by atoms with E-state index in [0.29, 0.717) is 36.4 Å². The number of nitrogens with zero attached hydrogens (tertiary/aromatic N) is 5. The Hall–Kier alpha value is -2.51. The number of rotatable bonds is 4. The molecule has 1 amide bonds. The summed E-state index contributed by atoms with van der Waals surface area (Å²) in [7, 11) is 0. The normalized spacial score (nSPS) is 17.7. The highest BCUT2D eigenvalue weighted by Gasteiger charge is 2.32. The zero-order valence-electron chi connectivity index (χ0n) is 14.2. The Morgan fingerprint density at radius 2 is 2.21 bits per heavy atom. The minimum absolute atomic E-state index is 0.0736. The second kappa shape index (κ2) is 6.54. The van der Waals surface area contributed by atoms with Gasteiger partial charge in [-0.05, 0) is 31.7 Å². The summed E-state index contributed by atoms with van der Waals surface area (Å²) in [5, 5.41) is 3.81. The highest BCUT2D eigenvalue weighted by atomic mass is 16.5. The number of aromatic nitrogens is 4. The van der Waals surface area contributed by atoms with Gasteiger partial charge in [-0.3, -0.25) is 4.79 Å². The van der Waals surface area contributed by atoms with Gasteiger partial charge in [-0.2, -0.15) is 4.98 Å². The number of anilines is 1. The van der Waals surface area contributed by atoms with Gasteiger partial charge in [0.2, 0.25) is 11.8 Å². The fourth-order valence-electron chi connectivity index (χ4n) is 2.94. The smallest absolute Gasteiger partial charge is 0.272 e. The van der Waals surface area contributed by atoms with Crippen molar-refractivity contribution in [1.29, 1.82) is 0 Å². The van der Waals surface area contributed by atoms with E-state index in [4.69, 9.17) is 10.3 Å². The van der Waals surface area contributed by atoms with Gasteiger partial charge in [0.15, 0.2) is 5.82 Å². The Labute approximate surface area is 140 Å². The van der Waals surface area contributed by atoms with Gasteiger partial charge in [-0.1, -0.05) is 19.0 Å². The Kier molecular flexibility index (Phi) is 4.46. The predicted octanol–water partition coefficient (Wildman–Crippen LogP) is 1.58. The molecule has 0 radical (unpaired) electrons. The average Bonchev–Trinajstić information content (AvgIpc) is 3.13. The largest absolute Gasteiger partial charge is 0.368 e. The molecule has 1 aliphatic heterocycles.